The fourth-order valence-corrected chi connectivity index (χ4v) is 4.08. The second-order valence-corrected chi connectivity index (χ2v) is 7.20. The summed E-state index contributed by atoms with van der Waals surface area (Å²) in [7, 11) is 0. The highest BCUT2D eigenvalue weighted by Gasteiger charge is 2.38. The van der Waals surface area contributed by atoms with Gasteiger partial charge in [-0.25, -0.2) is 0 Å². The monoisotopic (exact) mass is 339 g/mol. The van der Waals surface area contributed by atoms with Crippen LogP contribution >= 0.6 is 0 Å². The molecule has 0 spiro atoms. The first-order valence-electron chi connectivity index (χ1n) is 9.41. The summed E-state index contributed by atoms with van der Waals surface area (Å²) < 4.78 is 0. The van der Waals surface area contributed by atoms with E-state index in [0.29, 0.717) is 12.0 Å². The minimum absolute atomic E-state index is 0.352. The van der Waals surface area contributed by atoms with Crippen molar-refractivity contribution in [2.45, 2.75) is 24.9 Å². The Balaban J connectivity index is 1.92. The number of hydrogen-bond acceptors (Lipinski definition) is 1. The van der Waals surface area contributed by atoms with Gasteiger partial charge in [-0.1, -0.05) is 110 Å². The van der Waals surface area contributed by atoms with Crippen molar-refractivity contribution in [2.24, 2.45) is 5.92 Å². The van der Waals surface area contributed by atoms with E-state index in [1.807, 2.05) is 0 Å². The Morgan fingerprint density at radius 2 is 1.08 bits per heavy atom. The van der Waals surface area contributed by atoms with E-state index >= 15 is 0 Å². The number of hydrogen-bond donors (Lipinski definition) is 1. The van der Waals surface area contributed by atoms with E-state index in [2.05, 4.69) is 115 Å². The van der Waals surface area contributed by atoms with E-state index in [0.717, 1.165) is 6.42 Å². The topological polar surface area (TPSA) is 12.0 Å². The summed E-state index contributed by atoms with van der Waals surface area (Å²) in [5.41, 5.74) is 3.43. The maximum Gasteiger partial charge on any atom is 0.0952 e. The van der Waals surface area contributed by atoms with Crippen LogP contribution in [0, 0.1) is 5.92 Å². The quantitative estimate of drug-likeness (QED) is 0.476. The van der Waals surface area contributed by atoms with Gasteiger partial charge in [-0.2, -0.15) is 0 Å². The summed E-state index contributed by atoms with van der Waals surface area (Å²) >= 11 is 0. The summed E-state index contributed by atoms with van der Waals surface area (Å²) in [5, 5.41) is 4.02. The summed E-state index contributed by atoms with van der Waals surface area (Å²) in [6.07, 6.45) is 5.78. The van der Waals surface area contributed by atoms with Crippen LogP contribution in [0.5, 0.6) is 0 Å². The highest BCUT2D eigenvalue weighted by molar-refractivity contribution is 5.49. The standard InChI is InChI=1S/C25H25N/c1-20-17-18-24(19-20)26-25(21-11-5-2-6-12-21,22-13-7-3-8-14-22)23-15-9-4-10-16-23/h2-18,20,24,26H,19H2,1H3. The van der Waals surface area contributed by atoms with E-state index in [1.54, 1.807) is 0 Å². The van der Waals surface area contributed by atoms with Crippen molar-refractivity contribution in [1.29, 1.82) is 0 Å². The van der Waals surface area contributed by atoms with Gasteiger partial charge >= 0.3 is 0 Å². The van der Waals surface area contributed by atoms with Crippen LogP contribution < -0.4 is 5.32 Å². The van der Waals surface area contributed by atoms with Crippen LogP contribution in [0.1, 0.15) is 30.0 Å². The van der Waals surface area contributed by atoms with Crippen molar-refractivity contribution < 1.29 is 0 Å². The van der Waals surface area contributed by atoms with E-state index in [1.165, 1.54) is 16.7 Å². The molecule has 130 valence electrons. The molecule has 0 bridgehead atoms. The first-order valence-corrected chi connectivity index (χ1v) is 9.41. The zero-order valence-corrected chi connectivity index (χ0v) is 15.2. The number of rotatable bonds is 5. The molecule has 0 fully saturated rings. The van der Waals surface area contributed by atoms with Crippen molar-refractivity contribution in [2.75, 3.05) is 0 Å². The van der Waals surface area contributed by atoms with E-state index in [-0.39, 0.29) is 5.54 Å². The zero-order chi connectivity index (χ0) is 17.8. The maximum atomic E-state index is 4.02. The molecule has 1 nitrogen and oxygen atoms in total. The molecule has 0 aliphatic heterocycles. The maximum absolute atomic E-state index is 4.02. The van der Waals surface area contributed by atoms with Crippen molar-refractivity contribution in [3.8, 4) is 0 Å². The predicted molar refractivity (Wildman–Crippen MR) is 109 cm³/mol. The van der Waals surface area contributed by atoms with Gasteiger partial charge in [0.1, 0.15) is 0 Å². The Morgan fingerprint density at radius 3 is 1.42 bits per heavy atom. The fraction of sp³-hybridized carbons (Fsp3) is 0.200. The molecule has 0 amide bonds. The number of benzene rings is 3. The van der Waals surface area contributed by atoms with Crippen molar-refractivity contribution in [3.63, 3.8) is 0 Å². The van der Waals surface area contributed by atoms with Gasteiger partial charge in [-0.3, -0.25) is 5.32 Å². The zero-order valence-electron chi connectivity index (χ0n) is 15.2. The van der Waals surface area contributed by atoms with Gasteiger partial charge in [0.15, 0.2) is 0 Å². The molecule has 3 aromatic rings. The highest BCUT2D eigenvalue weighted by Crippen LogP contribution is 2.38. The summed E-state index contributed by atoms with van der Waals surface area (Å²) in [5.74, 6) is 0.618. The van der Waals surface area contributed by atoms with Gasteiger partial charge in [0.2, 0.25) is 0 Å². The molecule has 4 rings (SSSR count). The second-order valence-electron chi connectivity index (χ2n) is 7.20. The van der Waals surface area contributed by atoms with Gasteiger partial charge in [-0.05, 0) is 29.0 Å². The molecule has 2 unspecified atom stereocenters. The van der Waals surface area contributed by atoms with Crippen LogP contribution in [0.4, 0.5) is 0 Å². The minimum Gasteiger partial charge on any atom is -0.294 e. The van der Waals surface area contributed by atoms with Crippen LogP contribution in [-0.4, -0.2) is 6.04 Å². The van der Waals surface area contributed by atoms with Crippen LogP contribution in [-0.2, 0) is 5.54 Å². The molecule has 0 saturated heterocycles. The molecular weight excluding hydrogens is 314 g/mol. The normalized spacial score (nSPS) is 19.6. The predicted octanol–water partition coefficient (Wildman–Crippen LogP) is 5.53. The molecule has 1 aliphatic rings. The second kappa shape index (κ2) is 7.31. The molecule has 1 aliphatic carbocycles. The lowest BCUT2D eigenvalue weighted by molar-refractivity contribution is 0.410. The average Bonchev–Trinajstić information content (AvgIpc) is 3.13. The molecule has 1 N–H and O–H groups in total. The summed E-state index contributed by atoms with van der Waals surface area (Å²) in [6, 6.07) is 32.8. The van der Waals surface area contributed by atoms with Crippen molar-refractivity contribution >= 4 is 0 Å². The van der Waals surface area contributed by atoms with Crippen molar-refractivity contribution in [1.82, 2.24) is 5.32 Å². The van der Waals surface area contributed by atoms with Gasteiger partial charge < -0.3 is 0 Å². The third-order valence-corrected chi connectivity index (χ3v) is 5.32. The molecule has 0 saturated carbocycles. The first-order chi connectivity index (χ1) is 12.8. The Bertz CT molecular complexity index is 756. The fourth-order valence-electron chi connectivity index (χ4n) is 4.08. The third-order valence-electron chi connectivity index (χ3n) is 5.32. The van der Waals surface area contributed by atoms with E-state index < -0.39 is 0 Å². The molecule has 0 heterocycles. The number of nitrogens with one attached hydrogen (secondary N) is 1. The lowest BCUT2D eigenvalue weighted by atomic mass is 9.76. The third kappa shape index (κ3) is 3.11. The lowest BCUT2D eigenvalue weighted by Crippen LogP contribution is -2.48. The van der Waals surface area contributed by atoms with Crippen molar-refractivity contribution in [3.05, 3.63) is 120 Å². The van der Waals surface area contributed by atoms with Gasteiger partial charge in [0.25, 0.3) is 0 Å². The van der Waals surface area contributed by atoms with Crippen LogP contribution in [0.25, 0.3) is 0 Å². The van der Waals surface area contributed by atoms with E-state index in [9.17, 15) is 0 Å². The lowest BCUT2D eigenvalue weighted by Gasteiger charge is -2.39. The van der Waals surface area contributed by atoms with Gasteiger partial charge in [-0.15, -0.1) is 0 Å². The van der Waals surface area contributed by atoms with Crippen LogP contribution in [0.3, 0.4) is 0 Å². The molecule has 2 atom stereocenters. The first kappa shape index (κ1) is 16.8. The Labute approximate surface area is 156 Å². The molecule has 1 heteroatoms. The number of allylic oxidation sites excluding steroid dienone is 1. The molecule has 26 heavy (non-hydrogen) atoms. The van der Waals surface area contributed by atoms with Gasteiger partial charge in [0.05, 0.1) is 5.54 Å². The smallest absolute Gasteiger partial charge is 0.0952 e. The summed E-state index contributed by atoms with van der Waals surface area (Å²) in [4.78, 5) is 0. The molecule has 0 radical (unpaired) electrons. The average molecular weight is 339 g/mol. The van der Waals surface area contributed by atoms with Crippen LogP contribution in [0.2, 0.25) is 0 Å². The Kier molecular flexibility index (Phi) is 4.73. The highest BCUT2D eigenvalue weighted by atomic mass is 15.0. The van der Waals surface area contributed by atoms with E-state index in [4.69, 9.17) is 0 Å². The molecule has 0 aromatic heterocycles. The van der Waals surface area contributed by atoms with Gasteiger partial charge in [0, 0.05) is 6.04 Å². The molecular formula is C25H25N. The Hall–Kier alpha value is -2.64. The summed E-state index contributed by atoms with van der Waals surface area (Å²) in [6.45, 7) is 2.29. The van der Waals surface area contributed by atoms with Crippen LogP contribution in [0.15, 0.2) is 103 Å². The molecule has 3 aromatic carbocycles. The largest absolute Gasteiger partial charge is 0.294 e. The SMILES string of the molecule is CC1C=CC(NC(c2ccccc2)(c2ccccc2)c2ccccc2)C1. The Morgan fingerprint density at radius 1 is 0.654 bits per heavy atom. The minimum atomic E-state index is -0.372.